The first kappa shape index (κ1) is 20.3. The van der Waals surface area contributed by atoms with E-state index in [-0.39, 0.29) is 17.2 Å². The van der Waals surface area contributed by atoms with Crippen molar-refractivity contribution >= 4 is 50.7 Å². The van der Waals surface area contributed by atoms with Gasteiger partial charge in [-0.1, -0.05) is 11.8 Å². The molecule has 0 aliphatic carbocycles. The molecule has 0 aliphatic rings. The van der Waals surface area contributed by atoms with Crippen molar-refractivity contribution in [3.63, 3.8) is 0 Å². The maximum Gasteiger partial charge on any atom is 0.262 e. The molecule has 0 aliphatic heterocycles. The largest absolute Gasteiger partial charge is 0.325 e. The standard InChI is InChI=1S/C20H21N3O3S2/c1-10-12(3)27-18-16(10)19(26)23(5)20(22-18)28-13(4)17(25)21-15-8-6-14(7-9-15)11(2)24/h6-9,13H,1-5H3,(H,21,25)/t13-/m1/s1. The number of fused-ring (bicyclic) bond motifs is 1. The minimum Gasteiger partial charge on any atom is -0.325 e. The summed E-state index contributed by atoms with van der Waals surface area (Å²) in [6.45, 7) is 7.17. The van der Waals surface area contributed by atoms with Crippen LogP contribution < -0.4 is 10.9 Å². The fraction of sp³-hybridized carbons (Fsp3) is 0.300. The van der Waals surface area contributed by atoms with E-state index < -0.39 is 5.25 Å². The molecule has 8 heteroatoms. The third-order valence-electron chi connectivity index (χ3n) is 4.58. The molecule has 0 fully saturated rings. The summed E-state index contributed by atoms with van der Waals surface area (Å²) < 4.78 is 1.50. The Morgan fingerprint density at radius 1 is 1.21 bits per heavy atom. The second-order valence-corrected chi connectivity index (χ2v) is 9.12. The van der Waals surface area contributed by atoms with Crippen LogP contribution in [0.3, 0.4) is 0 Å². The Morgan fingerprint density at radius 3 is 2.46 bits per heavy atom. The minimum atomic E-state index is -0.454. The van der Waals surface area contributed by atoms with Gasteiger partial charge in [0.15, 0.2) is 10.9 Å². The van der Waals surface area contributed by atoms with Crippen molar-refractivity contribution in [2.75, 3.05) is 5.32 Å². The van der Waals surface area contributed by atoms with E-state index in [1.54, 1.807) is 38.2 Å². The molecule has 0 saturated heterocycles. The highest BCUT2D eigenvalue weighted by Gasteiger charge is 2.20. The number of carbonyl (C=O) groups excluding carboxylic acids is 2. The molecule has 3 rings (SSSR count). The van der Waals surface area contributed by atoms with Gasteiger partial charge >= 0.3 is 0 Å². The Kier molecular flexibility index (Phi) is 5.71. The lowest BCUT2D eigenvalue weighted by molar-refractivity contribution is -0.115. The monoisotopic (exact) mass is 415 g/mol. The van der Waals surface area contributed by atoms with E-state index in [9.17, 15) is 14.4 Å². The maximum atomic E-state index is 12.7. The molecule has 3 aromatic rings. The number of thiophene rings is 1. The van der Waals surface area contributed by atoms with Crippen molar-refractivity contribution in [2.45, 2.75) is 38.1 Å². The van der Waals surface area contributed by atoms with E-state index in [2.05, 4.69) is 10.3 Å². The first-order valence-electron chi connectivity index (χ1n) is 8.74. The summed E-state index contributed by atoms with van der Waals surface area (Å²) in [7, 11) is 1.68. The van der Waals surface area contributed by atoms with Crippen LogP contribution in [0.2, 0.25) is 0 Å². The fourth-order valence-electron chi connectivity index (χ4n) is 2.71. The number of rotatable bonds is 5. The Morgan fingerprint density at radius 2 is 1.86 bits per heavy atom. The van der Waals surface area contributed by atoms with Crippen molar-refractivity contribution in [2.24, 2.45) is 7.05 Å². The number of ketones is 1. The van der Waals surface area contributed by atoms with Gasteiger partial charge < -0.3 is 5.32 Å². The van der Waals surface area contributed by atoms with Gasteiger partial charge in [0, 0.05) is 23.2 Å². The van der Waals surface area contributed by atoms with E-state index in [1.807, 2.05) is 13.8 Å². The lowest BCUT2D eigenvalue weighted by atomic mass is 10.1. The highest BCUT2D eigenvalue weighted by Crippen LogP contribution is 2.29. The summed E-state index contributed by atoms with van der Waals surface area (Å²) in [6, 6.07) is 6.75. The highest BCUT2D eigenvalue weighted by molar-refractivity contribution is 8.00. The number of hydrogen-bond acceptors (Lipinski definition) is 6. The molecule has 1 aromatic carbocycles. The van der Waals surface area contributed by atoms with Crippen LogP contribution in [0.5, 0.6) is 0 Å². The number of carbonyl (C=O) groups is 2. The number of Topliss-reactive ketones (excluding diaryl/α,β-unsaturated/α-hetero) is 1. The van der Waals surface area contributed by atoms with Crippen molar-refractivity contribution in [1.82, 2.24) is 9.55 Å². The molecule has 1 atom stereocenters. The summed E-state index contributed by atoms with van der Waals surface area (Å²) in [4.78, 5) is 43.0. The summed E-state index contributed by atoms with van der Waals surface area (Å²) in [5, 5.41) is 3.53. The van der Waals surface area contributed by atoms with Gasteiger partial charge in [-0.25, -0.2) is 4.98 Å². The molecule has 28 heavy (non-hydrogen) atoms. The molecule has 6 nitrogen and oxygen atoms in total. The topological polar surface area (TPSA) is 81.1 Å². The van der Waals surface area contributed by atoms with Crippen molar-refractivity contribution in [1.29, 1.82) is 0 Å². The number of aromatic nitrogens is 2. The van der Waals surface area contributed by atoms with Gasteiger partial charge in [0.25, 0.3) is 5.56 Å². The number of benzene rings is 1. The van der Waals surface area contributed by atoms with Gasteiger partial charge in [-0.15, -0.1) is 11.3 Å². The molecule has 0 bridgehead atoms. The molecule has 0 saturated carbocycles. The van der Waals surface area contributed by atoms with E-state index in [4.69, 9.17) is 0 Å². The van der Waals surface area contributed by atoms with Crippen LogP contribution in [0.1, 0.15) is 34.6 Å². The van der Waals surface area contributed by atoms with Crippen LogP contribution in [0.25, 0.3) is 10.2 Å². The van der Waals surface area contributed by atoms with Gasteiger partial charge in [-0.3, -0.25) is 19.0 Å². The quantitative estimate of drug-likeness (QED) is 0.388. The van der Waals surface area contributed by atoms with E-state index >= 15 is 0 Å². The van der Waals surface area contributed by atoms with Crippen molar-refractivity contribution < 1.29 is 9.59 Å². The average molecular weight is 416 g/mol. The van der Waals surface area contributed by atoms with Gasteiger partial charge in [0.05, 0.1) is 10.6 Å². The minimum absolute atomic E-state index is 0.0248. The first-order chi connectivity index (χ1) is 13.2. The maximum absolute atomic E-state index is 12.7. The molecule has 0 spiro atoms. The third kappa shape index (κ3) is 3.88. The molecule has 2 aromatic heterocycles. The SMILES string of the molecule is CC(=O)c1ccc(NC(=O)[C@@H](C)Sc2nc3sc(C)c(C)c3c(=O)n2C)cc1. The Hall–Kier alpha value is -2.45. The molecule has 1 N–H and O–H groups in total. The van der Waals surface area contributed by atoms with Gasteiger partial charge in [0.2, 0.25) is 5.91 Å². The van der Waals surface area contributed by atoms with Gasteiger partial charge in [-0.2, -0.15) is 0 Å². The third-order valence-corrected chi connectivity index (χ3v) is 6.82. The Labute approximate surface area is 171 Å². The van der Waals surface area contributed by atoms with Gasteiger partial charge in [0.1, 0.15) is 4.83 Å². The number of nitrogens with zero attached hydrogens (tertiary/aromatic N) is 2. The smallest absolute Gasteiger partial charge is 0.262 e. The average Bonchev–Trinajstić information content (AvgIpc) is 2.93. The Bertz CT molecular complexity index is 1130. The Balaban J connectivity index is 1.79. The number of hydrogen-bond donors (Lipinski definition) is 1. The van der Waals surface area contributed by atoms with Gasteiger partial charge in [-0.05, 0) is 57.5 Å². The number of anilines is 1. The van der Waals surface area contributed by atoms with Crippen molar-refractivity contribution in [3.8, 4) is 0 Å². The molecular weight excluding hydrogens is 394 g/mol. The number of thioether (sulfide) groups is 1. The fourth-order valence-corrected chi connectivity index (χ4v) is 4.65. The predicted molar refractivity (Wildman–Crippen MR) is 115 cm³/mol. The van der Waals surface area contributed by atoms with Crippen LogP contribution in [-0.2, 0) is 11.8 Å². The predicted octanol–water partition coefficient (Wildman–Crippen LogP) is 3.93. The summed E-state index contributed by atoms with van der Waals surface area (Å²) in [5.74, 6) is -0.225. The molecule has 0 unspecified atom stereocenters. The van der Waals surface area contributed by atoms with E-state index in [1.165, 1.54) is 34.6 Å². The normalized spacial score (nSPS) is 12.2. The molecule has 0 radical (unpaired) electrons. The zero-order chi connectivity index (χ0) is 20.6. The molecule has 2 heterocycles. The van der Waals surface area contributed by atoms with Crippen molar-refractivity contribution in [3.05, 3.63) is 50.6 Å². The van der Waals surface area contributed by atoms with Crippen LogP contribution in [0.15, 0.2) is 34.2 Å². The van der Waals surface area contributed by atoms with Crippen LogP contribution >= 0.6 is 23.1 Å². The van der Waals surface area contributed by atoms with Crippen LogP contribution in [0, 0.1) is 13.8 Å². The summed E-state index contributed by atoms with van der Waals surface area (Å²) in [6.07, 6.45) is 0. The lowest BCUT2D eigenvalue weighted by Gasteiger charge is -2.13. The number of nitrogens with one attached hydrogen (secondary N) is 1. The van der Waals surface area contributed by atoms with Crippen LogP contribution in [0.4, 0.5) is 5.69 Å². The molecule has 146 valence electrons. The highest BCUT2D eigenvalue weighted by atomic mass is 32.2. The zero-order valence-electron chi connectivity index (χ0n) is 16.3. The number of aryl methyl sites for hydroxylation is 2. The number of amides is 1. The summed E-state index contributed by atoms with van der Waals surface area (Å²) >= 11 is 2.73. The molecular formula is C20H21N3O3S2. The second-order valence-electron chi connectivity index (χ2n) is 6.60. The van der Waals surface area contributed by atoms with Crippen LogP contribution in [-0.4, -0.2) is 26.5 Å². The van der Waals surface area contributed by atoms with E-state index in [0.717, 1.165) is 10.4 Å². The molecule has 1 amide bonds. The second kappa shape index (κ2) is 7.89. The summed E-state index contributed by atoms with van der Waals surface area (Å²) in [5.41, 5.74) is 2.07. The lowest BCUT2D eigenvalue weighted by Crippen LogP contribution is -2.25. The van der Waals surface area contributed by atoms with E-state index in [0.29, 0.717) is 26.6 Å². The first-order valence-corrected chi connectivity index (χ1v) is 10.4. The zero-order valence-corrected chi connectivity index (χ0v) is 18.0.